The second kappa shape index (κ2) is 10.6. The van der Waals surface area contributed by atoms with Gasteiger partial charge in [-0.1, -0.05) is 37.5 Å². The van der Waals surface area contributed by atoms with Crippen molar-refractivity contribution in [2.75, 3.05) is 18.5 Å². The quantitative estimate of drug-likeness (QED) is 0.690. The predicted molar refractivity (Wildman–Crippen MR) is 110 cm³/mol. The number of amides is 1. The minimum Gasteiger partial charge on any atom is -0.459 e. The zero-order chi connectivity index (χ0) is 19.8. The average Bonchev–Trinajstić information content (AvgIpc) is 2.74. The van der Waals surface area contributed by atoms with Crippen LogP contribution in [0.2, 0.25) is 0 Å². The smallest absolute Gasteiger partial charge is 0.290 e. The third-order valence-electron chi connectivity index (χ3n) is 5.91. The van der Waals surface area contributed by atoms with Gasteiger partial charge in [-0.25, -0.2) is 0 Å². The van der Waals surface area contributed by atoms with E-state index in [1.807, 2.05) is 43.3 Å². The summed E-state index contributed by atoms with van der Waals surface area (Å²) in [7, 11) is 0. The number of carbonyl (C=O) groups is 1. The van der Waals surface area contributed by atoms with Crippen molar-refractivity contribution in [1.82, 2.24) is 0 Å². The molecular formula is C23H33NO4. The van der Waals surface area contributed by atoms with Crippen LogP contribution in [0, 0.1) is 17.8 Å². The van der Waals surface area contributed by atoms with Crippen LogP contribution in [0.4, 0.5) is 5.69 Å². The van der Waals surface area contributed by atoms with Gasteiger partial charge in [0.2, 0.25) is 6.29 Å². The maximum Gasteiger partial charge on any atom is 0.290 e. The summed E-state index contributed by atoms with van der Waals surface area (Å²) >= 11 is 0. The molecule has 0 spiro atoms. The van der Waals surface area contributed by atoms with Crippen LogP contribution in [0.3, 0.4) is 0 Å². The number of ether oxygens (including phenoxy) is 2. The zero-order valence-electron chi connectivity index (χ0n) is 16.8. The van der Waals surface area contributed by atoms with Gasteiger partial charge < -0.3 is 19.9 Å². The lowest BCUT2D eigenvalue weighted by Gasteiger charge is -2.41. The van der Waals surface area contributed by atoms with Crippen LogP contribution in [0.1, 0.15) is 51.9 Å². The summed E-state index contributed by atoms with van der Waals surface area (Å²) in [6.45, 7) is 2.65. The Morgan fingerprint density at radius 3 is 2.64 bits per heavy atom. The molecule has 1 fully saturated rings. The molecule has 1 aliphatic carbocycles. The molecule has 3 atom stereocenters. The summed E-state index contributed by atoms with van der Waals surface area (Å²) in [5.74, 6) is 1.09. The summed E-state index contributed by atoms with van der Waals surface area (Å²) < 4.78 is 12.0. The number of rotatable bonds is 8. The fourth-order valence-electron chi connectivity index (χ4n) is 4.56. The molecule has 0 bridgehead atoms. The van der Waals surface area contributed by atoms with Gasteiger partial charge in [-0.15, -0.1) is 0 Å². The largest absolute Gasteiger partial charge is 0.459 e. The molecule has 1 aromatic rings. The molecule has 2 aliphatic rings. The second-order valence-corrected chi connectivity index (χ2v) is 7.80. The lowest BCUT2D eigenvalue weighted by atomic mass is 9.71. The minimum absolute atomic E-state index is 0.164. The van der Waals surface area contributed by atoms with Gasteiger partial charge in [-0.2, -0.15) is 0 Å². The molecular weight excluding hydrogens is 354 g/mol. The third-order valence-corrected chi connectivity index (χ3v) is 5.91. The van der Waals surface area contributed by atoms with Crippen LogP contribution in [0.15, 0.2) is 42.2 Å². The Kier molecular flexibility index (Phi) is 7.92. The first kappa shape index (κ1) is 20.9. The van der Waals surface area contributed by atoms with Gasteiger partial charge in [0.1, 0.15) is 0 Å². The number of anilines is 1. The van der Waals surface area contributed by atoms with E-state index in [-0.39, 0.29) is 24.3 Å². The van der Waals surface area contributed by atoms with Crippen LogP contribution >= 0.6 is 0 Å². The molecule has 1 aliphatic heterocycles. The highest BCUT2D eigenvalue weighted by atomic mass is 16.7. The molecule has 28 heavy (non-hydrogen) atoms. The zero-order valence-corrected chi connectivity index (χ0v) is 16.8. The number of aliphatic hydroxyl groups excluding tert-OH is 1. The van der Waals surface area contributed by atoms with Gasteiger partial charge in [-0.05, 0) is 62.7 Å². The lowest BCUT2D eigenvalue weighted by Crippen LogP contribution is -2.41. The van der Waals surface area contributed by atoms with E-state index in [4.69, 9.17) is 9.47 Å². The summed E-state index contributed by atoms with van der Waals surface area (Å²) in [6.07, 6.45) is 9.30. The van der Waals surface area contributed by atoms with E-state index in [9.17, 15) is 9.90 Å². The van der Waals surface area contributed by atoms with Gasteiger partial charge in [0, 0.05) is 24.8 Å². The first-order valence-electron chi connectivity index (χ1n) is 10.7. The van der Waals surface area contributed by atoms with E-state index >= 15 is 0 Å². The van der Waals surface area contributed by atoms with E-state index in [0.29, 0.717) is 18.3 Å². The highest BCUT2D eigenvalue weighted by Crippen LogP contribution is 2.42. The van der Waals surface area contributed by atoms with E-state index in [0.717, 1.165) is 18.5 Å². The summed E-state index contributed by atoms with van der Waals surface area (Å²) in [4.78, 5) is 12.9. The van der Waals surface area contributed by atoms with E-state index in [2.05, 4.69) is 5.32 Å². The van der Waals surface area contributed by atoms with Crippen molar-refractivity contribution < 1.29 is 19.4 Å². The Bertz CT molecular complexity index is 639. The van der Waals surface area contributed by atoms with Crippen molar-refractivity contribution in [2.24, 2.45) is 17.8 Å². The van der Waals surface area contributed by atoms with Crippen molar-refractivity contribution in [3.05, 3.63) is 42.2 Å². The van der Waals surface area contributed by atoms with Gasteiger partial charge >= 0.3 is 0 Å². The van der Waals surface area contributed by atoms with Crippen LogP contribution < -0.4 is 5.32 Å². The van der Waals surface area contributed by atoms with Crippen molar-refractivity contribution >= 4 is 11.6 Å². The van der Waals surface area contributed by atoms with Crippen LogP contribution in [-0.2, 0) is 14.3 Å². The lowest BCUT2D eigenvalue weighted by molar-refractivity contribution is -0.175. The summed E-state index contributed by atoms with van der Waals surface area (Å²) in [5, 5.41) is 12.3. The highest BCUT2D eigenvalue weighted by molar-refractivity contribution is 6.02. The molecule has 0 aromatic heterocycles. The van der Waals surface area contributed by atoms with Crippen LogP contribution in [0.25, 0.3) is 0 Å². The number of hydrogen-bond acceptors (Lipinski definition) is 4. The normalized spacial score (nSPS) is 25.6. The summed E-state index contributed by atoms with van der Waals surface area (Å²) in [6, 6.07) is 9.44. The molecule has 0 saturated heterocycles. The van der Waals surface area contributed by atoms with Gasteiger partial charge in [0.15, 0.2) is 5.76 Å². The van der Waals surface area contributed by atoms with Gasteiger partial charge in [0.25, 0.3) is 5.91 Å². The molecule has 1 saturated carbocycles. The van der Waals surface area contributed by atoms with E-state index in [1.54, 1.807) is 0 Å². The Balaban J connectivity index is 1.83. The minimum atomic E-state index is -0.440. The number of hydrogen-bond donors (Lipinski definition) is 2. The Hall–Kier alpha value is -1.85. The number of allylic oxidation sites excluding steroid dienone is 1. The number of carbonyl (C=O) groups excluding carboxylic acids is 1. The summed E-state index contributed by atoms with van der Waals surface area (Å²) in [5.41, 5.74) is 0.751. The maximum absolute atomic E-state index is 12.9. The van der Waals surface area contributed by atoms with Gasteiger partial charge in [-0.3, -0.25) is 4.79 Å². The first-order chi connectivity index (χ1) is 13.7. The first-order valence-corrected chi connectivity index (χ1v) is 10.7. The van der Waals surface area contributed by atoms with Crippen molar-refractivity contribution in [2.45, 2.75) is 58.2 Å². The molecule has 5 heteroatoms. The highest BCUT2D eigenvalue weighted by Gasteiger charge is 2.40. The molecule has 2 N–H and O–H groups in total. The number of para-hydroxylation sites is 1. The van der Waals surface area contributed by atoms with Gasteiger partial charge in [0.05, 0.1) is 0 Å². The number of benzene rings is 1. The monoisotopic (exact) mass is 387 g/mol. The SMILES string of the molecule is CCO[C@H]1OC(C(=O)Nc2ccccc2)=C[C@@H](C2CCCCC2)[C@H]1CCCO. The molecule has 1 heterocycles. The van der Waals surface area contributed by atoms with Crippen molar-refractivity contribution in [1.29, 1.82) is 0 Å². The molecule has 3 rings (SSSR count). The molecule has 0 radical (unpaired) electrons. The molecule has 1 amide bonds. The molecule has 154 valence electrons. The van der Waals surface area contributed by atoms with Crippen molar-refractivity contribution in [3.8, 4) is 0 Å². The molecule has 5 nitrogen and oxygen atoms in total. The Morgan fingerprint density at radius 1 is 1.21 bits per heavy atom. The fraction of sp³-hybridized carbons (Fsp3) is 0.609. The molecule has 0 unspecified atom stereocenters. The standard InChI is InChI=1S/C23H33NO4/c1-2-27-23-19(14-9-15-25)20(17-10-5-3-6-11-17)16-21(28-23)22(26)24-18-12-7-4-8-13-18/h4,7-8,12-13,16-17,19-20,23,25H,2-3,5-6,9-11,14-15H2,1H3,(H,24,26)/t19-,20+,23+/m1/s1. The second-order valence-electron chi connectivity index (χ2n) is 7.80. The maximum atomic E-state index is 12.9. The van der Waals surface area contributed by atoms with E-state index in [1.165, 1.54) is 32.1 Å². The van der Waals surface area contributed by atoms with Crippen LogP contribution in [0.5, 0.6) is 0 Å². The van der Waals surface area contributed by atoms with E-state index < -0.39 is 6.29 Å². The predicted octanol–water partition coefficient (Wildman–Crippen LogP) is 4.49. The van der Waals surface area contributed by atoms with Crippen LogP contribution in [-0.4, -0.2) is 30.5 Å². The van der Waals surface area contributed by atoms with Crippen molar-refractivity contribution in [3.63, 3.8) is 0 Å². The number of aliphatic hydroxyl groups is 1. The third kappa shape index (κ3) is 5.36. The Morgan fingerprint density at radius 2 is 1.96 bits per heavy atom. The average molecular weight is 388 g/mol. The Labute approximate surface area is 168 Å². The fourth-order valence-corrected chi connectivity index (χ4v) is 4.56. The topological polar surface area (TPSA) is 67.8 Å². The molecule has 1 aromatic carbocycles. The number of nitrogens with one attached hydrogen (secondary N) is 1.